The summed E-state index contributed by atoms with van der Waals surface area (Å²) in [6.07, 6.45) is 2.23. The normalized spacial score (nSPS) is 19.7. The van der Waals surface area contributed by atoms with Gasteiger partial charge >= 0.3 is 6.03 Å². The summed E-state index contributed by atoms with van der Waals surface area (Å²) in [5.41, 5.74) is 0.524. The van der Waals surface area contributed by atoms with Gasteiger partial charge in [0.1, 0.15) is 5.82 Å². The van der Waals surface area contributed by atoms with Crippen molar-refractivity contribution in [3.05, 3.63) is 35.6 Å². The van der Waals surface area contributed by atoms with Gasteiger partial charge in [0.25, 0.3) is 0 Å². The molecule has 0 bridgehead atoms. The monoisotopic (exact) mass is 250 g/mol. The van der Waals surface area contributed by atoms with Gasteiger partial charge in [-0.15, -0.1) is 0 Å². The van der Waals surface area contributed by atoms with E-state index in [0.29, 0.717) is 11.5 Å². The number of hydrogen-bond donors (Lipinski definition) is 1. The molecule has 1 heterocycles. The van der Waals surface area contributed by atoms with Crippen molar-refractivity contribution in [2.24, 2.45) is 5.92 Å². The van der Waals surface area contributed by atoms with E-state index >= 15 is 0 Å². The van der Waals surface area contributed by atoms with Crippen LogP contribution in [0.3, 0.4) is 0 Å². The average Bonchev–Trinajstić information content (AvgIpc) is 2.37. The van der Waals surface area contributed by atoms with Gasteiger partial charge in [0.05, 0.1) is 0 Å². The summed E-state index contributed by atoms with van der Waals surface area (Å²) in [5.74, 6) is 0.280. The molecule has 98 valence electrons. The van der Waals surface area contributed by atoms with Gasteiger partial charge in [-0.1, -0.05) is 25.1 Å². The SMILES string of the molecule is CC1CCCN(C(=O)NCc2ccccc2F)C1. The van der Waals surface area contributed by atoms with Crippen molar-refractivity contribution in [1.82, 2.24) is 10.2 Å². The molecule has 1 fully saturated rings. The predicted octanol–water partition coefficient (Wildman–Crippen LogP) is 2.77. The number of rotatable bonds is 2. The Morgan fingerprint density at radius 1 is 1.50 bits per heavy atom. The van der Waals surface area contributed by atoms with Crippen LogP contribution < -0.4 is 5.32 Å². The molecule has 0 aromatic heterocycles. The number of benzene rings is 1. The molecule has 2 amide bonds. The Bertz CT molecular complexity index is 422. The zero-order chi connectivity index (χ0) is 13.0. The van der Waals surface area contributed by atoms with Gasteiger partial charge in [-0.3, -0.25) is 0 Å². The van der Waals surface area contributed by atoms with Gasteiger partial charge in [-0.25, -0.2) is 9.18 Å². The fourth-order valence-electron chi connectivity index (χ4n) is 2.30. The second-order valence-electron chi connectivity index (χ2n) is 4.94. The van der Waals surface area contributed by atoms with Gasteiger partial charge < -0.3 is 10.2 Å². The fraction of sp³-hybridized carbons (Fsp3) is 0.500. The van der Waals surface area contributed by atoms with Crippen molar-refractivity contribution in [2.75, 3.05) is 13.1 Å². The van der Waals surface area contributed by atoms with Gasteiger partial charge in [0.2, 0.25) is 0 Å². The molecule has 0 spiro atoms. The smallest absolute Gasteiger partial charge is 0.317 e. The highest BCUT2D eigenvalue weighted by Crippen LogP contribution is 2.15. The highest BCUT2D eigenvalue weighted by atomic mass is 19.1. The largest absolute Gasteiger partial charge is 0.334 e. The van der Waals surface area contributed by atoms with Crippen LogP contribution in [0.1, 0.15) is 25.3 Å². The van der Waals surface area contributed by atoms with Crippen LogP contribution in [0.5, 0.6) is 0 Å². The Morgan fingerprint density at radius 3 is 3.00 bits per heavy atom. The van der Waals surface area contributed by atoms with E-state index in [-0.39, 0.29) is 18.4 Å². The minimum absolute atomic E-state index is 0.0928. The molecule has 1 N–H and O–H groups in total. The number of urea groups is 1. The maximum atomic E-state index is 13.4. The summed E-state index contributed by atoms with van der Waals surface area (Å²) < 4.78 is 13.4. The number of halogens is 1. The number of nitrogens with one attached hydrogen (secondary N) is 1. The van der Waals surface area contributed by atoms with E-state index in [1.807, 2.05) is 4.90 Å². The third-order valence-electron chi connectivity index (χ3n) is 3.33. The summed E-state index contributed by atoms with van der Waals surface area (Å²) in [5, 5.41) is 2.78. The van der Waals surface area contributed by atoms with Crippen molar-refractivity contribution in [2.45, 2.75) is 26.3 Å². The summed E-state index contributed by atoms with van der Waals surface area (Å²) in [7, 11) is 0. The molecule has 1 aromatic rings. The Morgan fingerprint density at radius 2 is 2.28 bits per heavy atom. The molecule has 0 saturated carbocycles. The Hall–Kier alpha value is -1.58. The van der Waals surface area contributed by atoms with Crippen molar-refractivity contribution in [3.63, 3.8) is 0 Å². The number of hydrogen-bond acceptors (Lipinski definition) is 1. The molecular weight excluding hydrogens is 231 g/mol. The van der Waals surface area contributed by atoms with E-state index in [4.69, 9.17) is 0 Å². The van der Waals surface area contributed by atoms with Crippen LogP contribution in [0.25, 0.3) is 0 Å². The first kappa shape index (κ1) is 12.9. The van der Waals surface area contributed by atoms with Crippen LogP contribution in [0.2, 0.25) is 0 Å². The van der Waals surface area contributed by atoms with Crippen molar-refractivity contribution < 1.29 is 9.18 Å². The molecule has 0 radical (unpaired) electrons. The molecule has 1 aliphatic rings. The van der Waals surface area contributed by atoms with Crippen molar-refractivity contribution in [1.29, 1.82) is 0 Å². The first-order chi connectivity index (χ1) is 8.66. The van der Waals surface area contributed by atoms with E-state index in [1.165, 1.54) is 12.5 Å². The molecule has 1 atom stereocenters. The maximum Gasteiger partial charge on any atom is 0.317 e. The minimum atomic E-state index is -0.273. The van der Waals surface area contributed by atoms with Crippen LogP contribution in [-0.2, 0) is 6.54 Å². The fourth-order valence-corrected chi connectivity index (χ4v) is 2.30. The quantitative estimate of drug-likeness (QED) is 0.860. The summed E-state index contributed by atoms with van der Waals surface area (Å²) in [4.78, 5) is 13.7. The highest BCUT2D eigenvalue weighted by Gasteiger charge is 2.20. The third-order valence-corrected chi connectivity index (χ3v) is 3.33. The first-order valence-corrected chi connectivity index (χ1v) is 6.43. The molecule has 18 heavy (non-hydrogen) atoms. The second-order valence-corrected chi connectivity index (χ2v) is 4.94. The Balaban J connectivity index is 1.86. The van der Waals surface area contributed by atoms with Crippen LogP contribution >= 0.6 is 0 Å². The number of carbonyl (C=O) groups is 1. The van der Waals surface area contributed by atoms with Crippen LogP contribution in [0.4, 0.5) is 9.18 Å². The number of nitrogens with zero attached hydrogens (tertiary/aromatic N) is 1. The summed E-state index contributed by atoms with van der Waals surface area (Å²) >= 11 is 0. The van der Waals surface area contributed by atoms with Gasteiger partial charge in [-0.05, 0) is 24.8 Å². The van der Waals surface area contributed by atoms with E-state index < -0.39 is 0 Å². The van der Waals surface area contributed by atoms with E-state index in [2.05, 4.69) is 12.2 Å². The second kappa shape index (κ2) is 5.85. The van der Waals surface area contributed by atoms with Crippen LogP contribution in [-0.4, -0.2) is 24.0 Å². The molecule has 1 aliphatic heterocycles. The Kier molecular flexibility index (Phi) is 4.18. The lowest BCUT2D eigenvalue weighted by atomic mass is 10.0. The average molecular weight is 250 g/mol. The van der Waals surface area contributed by atoms with Gasteiger partial charge in [-0.2, -0.15) is 0 Å². The lowest BCUT2D eigenvalue weighted by Crippen LogP contribution is -2.44. The van der Waals surface area contributed by atoms with Gasteiger partial charge in [0.15, 0.2) is 0 Å². The first-order valence-electron chi connectivity index (χ1n) is 6.43. The van der Waals surface area contributed by atoms with E-state index in [1.54, 1.807) is 18.2 Å². The van der Waals surface area contributed by atoms with Crippen molar-refractivity contribution >= 4 is 6.03 Å². The number of piperidine rings is 1. The molecule has 1 unspecified atom stereocenters. The lowest BCUT2D eigenvalue weighted by molar-refractivity contribution is 0.169. The highest BCUT2D eigenvalue weighted by molar-refractivity contribution is 5.74. The molecule has 0 aliphatic carbocycles. The number of carbonyl (C=O) groups excluding carboxylic acids is 1. The maximum absolute atomic E-state index is 13.4. The summed E-state index contributed by atoms with van der Waals surface area (Å²) in [6, 6.07) is 6.42. The Labute approximate surface area is 107 Å². The zero-order valence-electron chi connectivity index (χ0n) is 10.7. The summed E-state index contributed by atoms with van der Waals surface area (Å²) in [6.45, 7) is 3.99. The van der Waals surface area contributed by atoms with Gasteiger partial charge in [0, 0.05) is 25.2 Å². The van der Waals surface area contributed by atoms with E-state index in [0.717, 1.165) is 19.5 Å². The topological polar surface area (TPSA) is 32.3 Å². The molecular formula is C14H19FN2O. The van der Waals surface area contributed by atoms with E-state index in [9.17, 15) is 9.18 Å². The molecule has 1 aromatic carbocycles. The molecule has 1 saturated heterocycles. The molecule has 3 nitrogen and oxygen atoms in total. The van der Waals surface area contributed by atoms with Crippen LogP contribution in [0, 0.1) is 11.7 Å². The number of likely N-dealkylation sites (tertiary alicyclic amines) is 1. The zero-order valence-corrected chi connectivity index (χ0v) is 10.7. The minimum Gasteiger partial charge on any atom is -0.334 e. The molecule has 2 rings (SSSR count). The van der Waals surface area contributed by atoms with Crippen molar-refractivity contribution in [3.8, 4) is 0 Å². The third kappa shape index (κ3) is 3.22. The number of amides is 2. The molecule has 4 heteroatoms. The van der Waals surface area contributed by atoms with Crippen LogP contribution in [0.15, 0.2) is 24.3 Å². The lowest BCUT2D eigenvalue weighted by Gasteiger charge is -2.30. The predicted molar refractivity (Wildman–Crippen MR) is 68.6 cm³/mol. The standard InChI is InChI=1S/C14H19FN2O/c1-11-5-4-8-17(10-11)14(18)16-9-12-6-2-3-7-13(12)15/h2-3,6-7,11H,4-5,8-10H2,1H3,(H,16,18).